The zero-order valence-corrected chi connectivity index (χ0v) is 8.01. The van der Waals surface area contributed by atoms with Gasteiger partial charge in [-0.3, -0.25) is 0 Å². The molecule has 0 aliphatic rings. The van der Waals surface area contributed by atoms with Crippen molar-refractivity contribution >= 4 is 0 Å². The molecule has 3 N–H and O–H groups in total. The molecule has 1 unspecified atom stereocenters. The van der Waals surface area contributed by atoms with Gasteiger partial charge in [0.1, 0.15) is 0 Å². The van der Waals surface area contributed by atoms with E-state index < -0.39 is 0 Å². The second-order valence-electron chi connectivity index (χ2n) is 2.74. The van der Waals surface area contributed by atoms with E-state index >= 15 is 0 Å². The van der Waals surface area contributed by atoms with Crippen molar-refractivity contribution in [2.75, 3.05) is 40.5 Å². The molecule has 0 aliphatic carbocycles. The van der Waals surface area contributed by atoms with E-state index in [0.29, 0.717) is 0 Å². The summed E-state index contributed by atoms with van der Waals surface area (Å²) >= 11 is 0. The quantitative estimate of drug-likeness (QED) is 0.493. The lowest BCUT2D eigenvalue weighted by molar-refractivity contribution is 0.183. The van der Waals surface area contributed by atoms with Gasteiger partial charge in [0.15, 0.2) is 0 Å². The van der Waals surface area contributed by atoms with E-state index in [2.05, 4.69) is 5.32 Å². The largest absolute Gasteiger partial charge is 0.385 e. The highest BCUT2D eigenvalue weighted by Gasteiger charge is 1.99. The van der Waals surface area contributed by atoms with Crippen molar-refractivity contribution in [3.8, 4) is 0 Å². The number of rotatable bonds is 8. The maximum absolute atomic E-state index is 5.76. The minimum atomic E-state index is 0.182. The lowest BCUT2D eigenvalue weighted by atomic mass is 10.2. The van der Waals surface area contributed by atoms with E-state index in [0.717, 1.165) is 32.7 Å². The van der Waals surface area contributed by atoms with Gasteiger partial charge in [0.25, 0.3) is 0 Å². The van der Waals surface area contributed by atoms with Gasteiger partial charge >= 0.3 is 0 Å². The summed E-state index contributed by atoms with van der Waals surface area (Å²) < 4.78 is 9.78. The Morgan fingerprint density at radius 3 is 2.50 bits per heavy atom. The highest BCUT2D eigenvalue weighted by atomic mass is 16.5. The molecule has 0 rings (SSSR count). The molecule has 0 amide bonds. The van der Waals surface area contributed by atoms with Crippen LogP contribution < -0.4 is 11.1 Å². The summed E-state index contributed by atoms with van der Waals surface area (Å²) in [7, 11) is 3.37. The van der Waals surface area contributed by atoms with Crippen LogP contribution in [0.25, 0.3) is 0 Å². The fourth-order valence-electron chi connectivity index (χ4n) is 0.833. The topological polar surface area (TPSA) is 56.5 Å². The molecule has 0 fully saturated rings. The van der Waals surface area contributed by atoms with Crippen molar-refractivity contribution in [1.29, 1.82) is 0 Å². The minimum absolute atomic E-state index is 0.182. The predicted molar refractivity (Wildman–Crippen MR) is 49.2 cm³/mol. The number of methoxy groups -OCH3 is 2. The number of nitrogens with one attached hydrogen (secondary N) is 1. The van der Waals surface area contributed by atoms with E-state index in [1.54, 1.807) is 14.2 Å². The SMILES string of the molecule is COCCNCC(N)CCOC. The van der Waals surface area contributed by atoms with E-state index in [1.165, 1.54) is 0 Å². The maximum atomic E-state index is 5.76. The van der Waals surface area contributed by atoms with Gasteiger partial charge in [-0.2, -0.15) is 0 Å². The van der Waals surface area contributed by atoms with Crippen LogP contribution in [0.3, 0.4) is 0 Å². The van der Waals surface area contributed by atoms with Crippen LogP contribution in [0.1, 0.15) is 6.42 Å². The lowest BCUT2D eigenvalue weighted by Gasteiger charge is -2.11. The molecule has 0 saturated carbocycles. The maximum Gasteiger partial charge on any atom is 0.0587 e. The summed E-state index contributed by atoms with van der Waals surface area (Å²) in [6.07, 6.45) is 0.899. The molecule has 0 bridgehead atoms. The first-order chi connectivity index (χ1) is 5.81. The van der Waals surface area contributed by atoms with Crippen LogP contribution in [0.4, 0.5) is 0 Å². The standard InChI is InChI=1S/C8H20N2O2/c1-11-5-3-8(9)7-10-4-6-12-2/h8,10H,3-7,9H2,1-2H3. The van der Waals surface area contributed by atoms with Gasteiger partial charge in [-0.15, -0.1) is 0 Å². The fourth-order valence-corrected chi connectivity index (χ4v) is 0.833. The van der Waals surface area contributed by atoms with E-state index in [1.807, 2.05) is 0 Å². The van der Waals surface area contributed by atoms with Gasteiger partial charge in [-0.25, -0.2) is 0 Å². The normalized spacial score (nSPS) is 13.2. The minimum Gasteiger partial charge on any atom is -0.385 e. The third-order valence-corrected chi connectivity index (χ3v) is 1.58. The van der Waals surface area contributed by atoms with Crippen LogP contribution in [-0.2, 0) is 9.47 Å². The van der Waals surface area contributed by atoms with Crippen molar-refractivity contribution in [3.63, 3.8) is 0 Å². The van der Waals surface area contributed by atoms with Gasteiger partial charge in [-0.05, 0) is 6.42 Å². The van der Waals surface area contributed by atoms with Crippen molar-refractivity contribution < 1.29 is 9.47 Å². The van der Waals surface area contributed by atoms with Crippen LogP contribution in [0.5, 0.6) is 0 Å². The summed E-state index contributed by atoms with van der Waals surface area (Å²) in [5, 5.41) is 3.19. The van der Waals surface area contributed by atoms with Crippen molar-refractivity contribution in [1.82, 2.24) is 5.32 Å². The Bertz CT molecular complexity index is 91.1. The average molecular weight is 176 g/mol. The van der Waals surface area contributed by atoms with Gasteiger partial charge in [0.2, 0.25) is 0 Å². The second kappa shape index (κ2) is 8.93. The van der Waals surface area contributed by atoms with Crippen LogP contribution in [0.2, 0.25) is 0 Å². The molecule has 12 heavy (non-hydrogen) atoms. The highest BCUT2D eigenvalue weighted by molar-refractivity contribution is 4.63. The predicted octanol–water partition coefficient (Wildman–Crippen LogP) is -0.414. The van der Waals surface area contributed by atoms with Crippen LogP contribution in [0.15, 0.2) is 0 Å². The zero-order valence-electron chi connectivity index (χ0n) is 8.01. The molecule has 74 valence electrons. The monoisotopic (exact) mass is 176 g/mol. The van der Waals surface area contributed by atoms with Gasteiger partial charge in [-0.1, -0.05) is 0 Å². The lowest BCUT2D eigenvalue weighted by Crippen LogP contribution is -2.36. The molecule has 4 nitrogen and oxygen atoms in total. The molecule has 0 spiro atoms. The summed E-state index contributed by atoms with van der Waals surface area (Å²) in [4.78, 5) is 0. The Labute approximate surface area is 74.4 Å². The molecule has 0 aromatic heterocycles. The van der Waals surface area contributed by atoms with Gasteiger partial charge in [0.05, 0.1) is 6.61 Å². The molecule has 4 heteroatoms. The van der Waals surface area contributed by atoms with Crippen molar-refractivity contribution in [3.05, 3.63) is 0 Å². The first-order valence-electron chi connectivity index (χ1n) is 4.25. The Morgan fingerprint density at radius 1 is 1.25 bits per heavy atom. The molecular weight excluding hydrogens is 156 g/mol. The smallest absolute Gasteiger partial charge is 0.0587 e. The van der Waals surface area contributed by atoms with Crippen molar-refractivity contribution in [2.24, 2.45) is 5.73 Å². The summed E-state index contributed by atoms with van der Waals surface area (Å²) in [6, 6.07) is 0.182. The molecule has 1 atom stereocenters. The molecule has 0 aromatic carbocycles. The fraction of sp³-hybridized carbons (Fsp3) is 1.00. The van der Waals surface area contributed by atoms with Gasteiger partial charge < -0.3 is 20.5 Å². The molecule has 0 saturated heterocycles. The third-order valence-electron chi connectivity index (χ3n) is 1.58. The first-order valence-corrected chi connectivity index (χ1v) is 4.25. The number of hydrogen-bond donors (Lipinski definition) is 2. The Kier molecular flexibility index (Phi) is 8.81. The van der Waals surface area contributed by atoms with Crippen LogP contribution >= 0.6 is 0 Å². The summed E-state index contributed by atoms with van der Waals surface area (Å²) in [5.41, 5.74) is 5.76. The molecule has 0 radical (unpaired) electrons. The van der Waals surface area contributed by atoms with Crippen LogP contribution in [0, 0.1) is 0 Å². The van der Waals surface area contributed by atoms with Crippen LogP contribution in [-0.4, -0.2) is 46.6 Å². The molecular formula is C8H20N2O2. The second-order valence-corrected chi connectivity index (χ2v) is 2.74. The number of nitrogens with two attached hydrogens (primary N) is 1. The number of ether oxygens (including phenoxy) is 2. The van der Waals surface area contributed by atoms with Gasteiger partial charge in [0, 0.05) is 40.0 Å². The molecule has 0 heterocycles. The Balaban J connectivity index is 3.02. The average Bonchev–Trinajstić information content (AvgIpc) is 2.09. The Morgan fingerprint density at radius 2 is 1.92 bits per heavy atom. The van der Waals surface area contributed by atoms with E-state index in [-0.39, 0.29) is 6.04 Å². The molecule has 0 aliphatic heterocycles. The Hall–Kier alpha value is -0.160. The van der Waals surface area contributed by atoms with E-state index in [4.69, 9.17) is 15.2 Å². The molecule has 0 aromatic rings. The summed E-state index contributed by atoms with van der Waals surface area (Å²) in [5.74, 6) is 0. The highest BCUT2D eigenvalue weighted by Crippen LogP contribution is 1.85. The first kappa shape index (κ1) is 11.8. The van der Waals surface area contributed by atoms with E-state index in [9.17, 15) is 0 Å². The third kappa shape index (κ3) is 7.94. The number of hydrogen-bond acceptors (Lipinski definition) is 4. The zero-order chi connectivity index (χ0) is 9.23. The summed E-state index contributed by atoms with van der Waals surface area (Å²) in [6.45, 7) is 3.15. The van der Waals surface area contributed by atoms with Crippen molar-refractivity contribution in [2.45, 2.75) is 12.5 Å².